The van der Waals surface area contributed by atoms with Crippen LogP contribution in [0.2, 0.25) is 0 Å². The number of hydrazine groups is 1. The molecule has 1 saturated heterocycles. The highest BCUT2D eigenvalue weighted by molar-refractivity contribution is 8.26. The van der Waals surface area contributed by atoms with Crippen molar-refractivity contribution >= 4 is 46.2 Å². The second-order valence-corrected chi connectivity index (χ2v) is 6.81. The van der Waals surface area contributed by atoms with Crippen molar-refractivity contribution in [2.45, 2.75) is 6.92 Å². The number of rotatable bonds is 4. The van der Waals surface area contributed by atoms with Gasteiger partial charge in [0.25, 0.3) is 11.8 Å². The molecular formula is C17H14N2O4S2. The zero-order chi connectivity index (χ0) is 18.0. The molecule has 8 heteroatoms. The van der Waals surface area contributed by atoms with Crippen molar-refractivity contribution < 1.29 is 18.7 Å². The summed E-state index contributed by atoms with van der Waals surface area (Å²) in [6.45, 7) is 1.82. The molecule has 6 nitrogen and oxygen atoms in total. The number of furan rings is 1. The van der Waals surface area contributed by atoms with Gasteiger partial charge in [0.15, 0.2) is 4.32 Å². The molecule has 3 rings (SSSR count). The van der Waals surface area contributed by atoms with Crippen molar-refractivity contribution in [3.63, 3.8) is 0 Å². The molecule has 0 atom stereocenters. The maximum atomic E-state index is 12.5. The number of amides is 2. The number of thiocarbonyl (C=S) groups is 1. The smallest absolute Gasteiger partial charge is 0.285 e. The number of methoxy groups -OCH3 is 1. The van der Waals surface area contributed by atoms with Crippen LogP contribution in [0.25, 0.3) is 6.08 Å². The standard InChI is InChI=1S/C17H14N2O4S2/c1-10-3-6-13(23-10)9-14-16(21)19(17(24)25-14)18-15(20)11-4-7-12(22-2)8-5-11/h3-9H,1-2H3,(H,18,20). The lowest BCUT2D eigenvalue weighted by atomic mass is 10.2. The number of hydrogen-bond donors (Lipinski definition) is 1. The van der Waals surface area contributed by atoms with Gasteiger partial charge in [-0.15, -0.1) is 0 Å². The molecule has 1 aliphatic rings. The van der Waals surface area contributed by atoms with E-state index in [1.807, 2.05) is 6.92 Å². The fourth-order valence-corrected chi connectivity index (χ4v) is 3.29. The summed E-state index contributed by atoms with van der Waals surface area (Å²) in [4.78, 5) is 25.2. The molecule has 2 aromatic rings. The average Bonchev–Trinajstić information content (AvgIpc) is 3.13. The molecule has 2 amide bonds. The molecule has 0 bridgehead atoms. The van der Waals surface area contributed by atoms with E-state index in [0.29, 0.717) is 22.0 Å². The molecule has 128 valence electrons. The summed E-state index contributed by atoms with van der Waals surface area (Å²) in [6.07, 6.45) is 1.60. The van der Waals surface area contributed by atoms with Gasteiger partial charge in [0.2, 0.25) is 0 Å². The molecule has 1 aromatic heterocycles. The van der Waals surface area contributed by atoms with Gasteiger partial charge in [0.1, 0.15) is 17.3 Å². The number of ether oxygens (including phenoxy) is 1. The first-order chi connectivity index (χ1) is 12.0. The second-order valence-electron chi connectivity index (χ2n) is 5.13. The van der Waals surface area contributed by atoms with Crippen molar-refractivity contribution in [1.29, 1.82) is 0 Å². The molecule has 0 radical (unpaired) electrons. The maximum absolute atomic E-state index is 12.5. The normalized spacial score (nSPS) is 15.8. The minimum atomic E-state index is -0.436. The van der Waals surface area contributed by atoms with E-state index in [1.54, 1.807) is 49.6 Å². The lowest BCUT2D eigenvalue weighted by Gasteiger charge is -2.15. The van der Waals surface area contributed by atoms with E-state index >= 15 is 0 Å². The average molecular weight is 374 g/mol. The molecule has 1 fully saturated rings. The number of thioether (sulfide) groups is 1. The number of carbonyl (C=O) groups is 2. The first-order valence-electron chi connectivity index (χ1n) is 7.27. The molecular weight excluding hydrogens is 360 g/mol. The number of benzene rings is 1. The lowest BCUT2D eigenvalue weighted by molar-refractivity contribution is -0.123. The van der Waals surface area contributed by atoms with Gasteiger partial charge in [-0.05, 0) is 55.5 Å². The third kappa shape index (κ3) is 3.75. The minimum absolute atomic E-state index is 0.251. The fraction of sp³-hybridized carbons (Fsp3) is 0.118. The molecule has 0 saturated carbocycles. The Bertz CT molecular complexity index is 871. The number of nitrogens with one attached hydrogen (secondary N) is 1. The SMILES string of the molecule is COc1ccc(C(=O)NN2C(=O)C(=Cc3ccc(C)o3)SC2=S)cc1. The van der Waals surface area contributed by atoms with Crippen molar-refractivity contribution in [2.75, 3.05) is 7.11 Å². The van der Waals surface area contributed by atoms with E-state index in [4.69, 9.17) is 21.4 Å². The van der Waals surface area contributed by atoms with E-state index in [0.717, 1.165) is 22.5 Å². The summed E-state index contributed by atoms with van der Waals surface area (Å²) in [6, 6.07) is 10.1. The monoisotopic (exact) mass is 374 g/mol. The highest BCUT2D eigenvalue weighted by Crippen LogP contribution is 2.31. The topological polar surface area (TPSA) is 71.8 Å². The van der Waals surface area contributed by atoms with Gasteiger partial charge in [-0.25, -0.2) is 0 Å². The summed E-state index contributed by atoms with van der Waals surface area (Å²) in [5, 5.41) is 1.06. The second kappa shape index (κ2) is 7.12. The molecule has 0 spiro atoms. The van der Waals surface area contributed by atoms with Gasteiger partial charge < -0.3 is 9.15 Å². The molecule has 1 aliphatic heterocycles. The zero-order valence-corrected chi connectivity index (χ0v) is 15.1. The quantitative estimate of drug-likeness (QED) is 0.655. The predicted octanol–water partition coefficient (Wildman–Crippen LogP) is 3.14. The lowest BCUT2D eigenvalue weighted by Crippen LogP contribution is -2.44. The van der Waals surface area contributed by atoms with Gasteiger partial charge in [-0.2, -0.15) is 5.01 Å². The van der Waals surface area contributed by atoms with E-state index < -0.39 is 11.8 Å². The summed E-state index contributed by atoms with van der Waals surface area (Å²) in [5.74, 6) is 1.10. The summed E-state index contributed by atoms with van der Waals surface area (Å²) in [7, 11) is 1.54. The van der Waals surface area contributed by atoms with Crippen molar-refractivity contribution in [3.8, 4) is 5.75 Å². The van der Waals surface area contributed by atoms with Crippen LogP contribution < -0.4 is 10.2 Å². The zero-order valence-electron chi connectivity index (χ0n) is 13.4. The van der Waals surface area contributed by atoms with Crippen LogP contribution in [-0.2, 0) is 4.79 Å². The maximum Gasteiger partial charge on any atom is 0.285 e. The van der Waals surface area contributed by atoms with Crippen LogP contribution in [-0.4, -0.2) is 28.3 Å². The van der Waals surface area contributed by atoms with Gasteiger partial charge in [-0.1, -0.05) is 11.8 Å². The Morgan fingerprint density at radius 1 is 1.28 bits per heavy atom. The third-order valence-corrected chi connectivity index (χ3v) is 4.70. The largest absolute Gasteiger partial charge is 0.497 e. The van der Waals surface area contributed by atoms with Crippen LogP contribution in [0.4, 0.5) is 0 Å². The van der Waals surface area contributed by atoms with Crippen LogP contribution in [0.3, 0.4) is 0 Å². The first kappa shape index (κ1) is 17.2. The fourth-order valence-electron chi connectivity index (χ4n) is 2.13. The van der Waals surface area contributed by atoms with Crippen LogP contribution in [0.1, 0.15) is 21.9 Å². The Kier molecular flexibility index (Phi) is 4.91. The minimum Gasteiger partial charge on any atom is -0.497 e. The van der Waals surface area contributed by atoms with Crippen molar-refractivity contribution in [3.05, 3.63) is 58.4 Å². The number of aryl methyl sites for hydroxylation is 1. The molecule has 1 N–H and O–H groups in total. The van der Waals surface area contributed by atoms with Crippen molar-refractivity contribution in [2.24, 2.45) is 0 Å². The van der Waals surface area contributed by atoms with Gasteiger partial charge in [-0.3, -0.25) is 15.0 Å². The van der Waals surface area contributed by atoms with E-state index in [9.17, 15) is 9.59 Å². The van der Waals surface area contributed by atoms with Gasteiger partial charge in [0, 0.05) is 11.6 Å². The number of carbonyl (C=O) groups excluding carboxylic acids is 2. The van der Waals surface area contributed by atoms with E-state index in [2.05, 4.69) is 5.43 Å². The van der Waals surface area contributed by atoms with E-state index in [1.165, 1.54) is 0 Å². The molecule has 2 heterocycles. The third-order valence-electron chi connectivity index (χ3n) is 3.39. The highest BCUT2D eigenvalue weighted by atomic mass is 32.2. The van der Waals surface area contributed by atoms with Gasteiger partial charge in [0.05, 0.1) is 12.0 Å². The number of nitrogens with zero attached hydrogens (tertiary/aromatic N) is 1. The van der Waals surface area contributed by atoms with Crippen molar-refractivity contribution in [1.82, 2.24) is 10.4 Å². The van der Waals surface area contributed by atoms with Crippen LogP contribution in [0, 0.1) is 6.92 Å². The Balaban J connectivity index is 1.74. The summed E-state index contributed by atoms with van der Waals surface area (Å²) in [5.41, 5.74) is 2.91. The summed E-state index contributed by atoms with van der Waals surface area (Å²) < 4.78 is 10.7. The van der Waals surface area contributed by atoms with Crippen LogP contribution in [0.15, 0.2) is 45.7 Å². The highest BCUT2D eigenvalue weighted by Gasteiger charge is 2.34. The first-order valence-corrected chi connectivity index (χ1v) is 8.50. The van der Waals surface area contributed by atoms with E-state index in [-0.39, 0.29) is 4.32 Å². The molecule has 0 aliphatic carbocycles. The van der Waals surface area contributed by atoms with Crippen LogP contribution in [0.5, 0.6) is 5.75 Å². The van der Waals surface area contributed by atoms with Gasteiger partial charge >= 0.3 is 0 Å². The Morgan fingerprint density at radius 3 is 2.60 bits per heavy atom. The Morgan fingerprint density at radius 2 is 2.00 bits per heavy atom. The molecule has 1 aromatic carbocycles. The molecule has 25 heavy (non-hydrogen) atoms. The Hall–Kier alpha value is -2.58. The Labute approximate surface area is 153 Å². The number of hydrogen-bond acceptors (Lipinski definition) is 6. The predicted molar refractivity (Wildman–Crippen MR) is 98.9 cm³/mol. The summed E-state index contributed by atoms with van der Waals surface area (Å²) >= 11 is 6.29. The van der Waals surface area contributed by atoms with Crippen LogP contribution >= 0.6 is 24.0 Å². The molecule has 0 unspecified atom stereocenters.